The molecule has 0 radical (unpaired) electrons. The Morgan fingerprint density at radius 1 is 1.35 bits per heavy atom. The Bertz CT molecular complexity index is 313. The van der Waals surface area contributed by atoms with Crippen LogP contribution in [0.25, 0.3) is 0 Å². The quantitative estimate of drug-likeness (QED) is 0.694. The summed E-state index contributed by atoms with van der Waals surface area (Å²) in [5, 5.41) is 3.26. The van der Waals surface area contributed by atoms with Crippen molar-refractivity contribution in [2.75, 3.05) is 26.2 Å². The van der Waals surface area contributed by atoms with Crippen molar-refractivity contribution >= 4 is 11.8 Å². The van der Waals surface area contributed by atoms with Crippen LogP contribution >= 0.6 is 0 Å². The molecular formula is C12H21N3O2. The minimum Gasteiger partial charge on any atom is -0.314 e. The lowest BCUT2D eigenvalue weighted by Gasteiger charge is -2.31. The molecule has 5 heteroatoms. The number of likely N-dealkylation sites (tertiary alicyclic amines) is 1. The second-order valence-corrected chi connectivity index (χ2v) is 4.87. The average molecular weight is 239 g/mol. The highest BCUT2D eigenvalue weighted by atomic mass is 16.2. The standard InChI is InChI=1S/C12H21N3O2/c1-3-9(2)15-11(16)8-10(12(15)17)14-6-4-13-5-7-14/h9-10,13H,3-8H2,1-2H3. The van der Waals surface area contributed by atoms with E-state index < -0.39 is 0 Å². The molecule has 0 bridgehead atoms. The fourth-order valence-electron chi connectivity index (χ4n) is 2.56. The SMILES string of the molecule is CCC(C)N1C(=O)CC(N2CCNCC2)C1=O. The van der Waals surface area contributed by atoms with Gasteiger partial charge in [0.15, 0.2) is 0 Å². The maximum absolute atomic E-state index is 12.3. The van der Waals surface area contributed by atoms with Gasteiger partial charge in [0.05, 0.1) is 12.5 Å². The molecule has 2 fully saturated rings. The molecule has 2 aliphatic rings. The van der Waals surface area contributed by atoms with Gasteiger partial charge in [-0.1, -0.05) is 6.92 Å². The summed E-state index contributed by atoms with van der Waals surface area (Å²) >= 11 is 0. The van der Waals surface area contributed by atoms with Crippen molar-refractivity contribution in [1.82, 2.24) is 15.1 Å². The molecular weight excluding hydrogens is 218 g/mol. The molecule has 5 nitrogen and oxygen atoms in total. The number of nitrogens with zero attached hydrogens (tertiary/aromatic N) is 2. The van der Waals surface area contributed by atoms with Gasteiger partial charge in [-0.05, 0) is 13.3 Å². The Morgan fingerprint density at radius 2 is 2.00 bits per heavy atom. The van der Waals surface area contributed by atoms with Crippen LogP contribution in [0.2, 0.25) is 0 Å². The molecule has 2 aliphatic heterocycles. The highest BCUT2D eigenvalue weighted by molar-refractivity contribution is 6.05. The number of imide groups is 1. The lowest BCUT2D eigenvalue weighted by atomic mass is 10.2. The molecule has 0 aromatic heterocycles. The van der Waals surface area contributed by atoms with Crippen LogP contribution < -0.4 is 5.32 Å². The van der Waals surface area contributed by atoms with E-state index in [0.29, 0.717) is 6.42 Å². The first kappa shape index (κ1) is 12.5. The van der Waals surface area contributed by atoms with E-state index in [4.69, 9.17) is 0 Å². The van der Waals surface area contributed by atoms with E-state index in [1.165, 1.54) is 4.90 Å². The largest absolute Gasteiger partial charge is 0.314 e. The first-order valence-corrected chi connectivity index (χ1v) is 6.45. The van der Waals surface area contributed by atoms with Crippen molar-refractivity contribution in [2.24, 2.45) is 0 Å². The van der Waals surface area contributed by atoms with Crippen molar-refractivity contribution in [3.8, 4) is 0 Å². The van der Waals surface area contributed by atoms with Gasteiger partial charge in [0, 0.05) is 32.2 Å². The summed E-state index contributed by atoms with van der Waals surface area (Å²) in [6.45, 7) is 7.47. The summed E-state index contributed by atoms with van der Waals surface area (Å²) in [4.78, 5) is 27.8. The number of hydrogen-bond acceptors (Lipinski definition) is 4. The molecule has 2 heterocycles. The molecule has 0 spiro atoms. The molecule has 0 aromatic rings. The van der Waals surface area contributed by atoms with Gasteiger partial charge in [0.25, 0.3) is 0 Å². The molecule has 17 heavy (non-hydrogen) atoms. The first-order valence-electron chi connectivity index (χ1n) is 6.45. The molecule has 96 valence electrons. The Labute approximate surface area is 102 Å². The number of hydrogen-bond donors (Lipinski definition) is 1. The average Bonchev–Trinajstić information content (AvgIpc) is 2.65. The van der Waals surface area contributed by atoms with Crippen LogP contribution in [0, 0.1) is 0 Å². The van der Waals surface area contributed by atoms with Gasteiger partial charge in [0.2, 0.25) is 11.8 Å². The van der Waals surface area contributed by atoms with Crippen LogP contribution in [0.5, 0.6) is 0 Å². The van der Waals surface area contributed by atoms with Gasteiger partial charge < -0.3 is 5.32 Å². The fourth-order valence-corrected chi connectivity index (χ4v) is 2.56. The van der Waals surface area contributed by atoms with Crippen LogP contribution in [-0.2, 0) is 9.59 Å². The van der Waals surface area contributed by atoms with Crippen molar-refractivity contribution < 1.29 is 9.59 Å². The van der Waals surface area contributed by atoms with Gasteiger partial charge in [0.1, 0.15) is 0 Å². The van der Waals surface area contributed by atoms with E-state index in [1.807, 2.05) is 13.8 Å². The summed E-state index contributed by atoms with van der Waals surface area (Å²) in [5.74, 6) is -0.000803. The van der Waals surface area contributed by atoms with Gasteiger partial charge in [-0.25, -0.2) is 0 Å². The van der Waals surface area contributed by atoms with E-state index in [0.717, 1.165) is 32.6 Å². The predicted octanol–water partition coefficient (Wildman–Crippen LogP) is -0.182. The number of piperazine rings is 1. The van der Waals surface area contributed by atoms with Gasteiger partial charge >= 0.3 is 0 Å². The van der Waals surface area contributed by atoms with Crippen molar-refractivity contribution in [2.45, 2.75) is 38.8 Å². The number of carbonyl (C=O) groups excluding carboxylic acids is 2. The maximum atomic E-state index is 12.3. The van der Waals surface area contributed by atoms with E-state index in [1.54, 1.807) is 0 Å². The first-order chi connectivity index (χ1) is 8.15. The number of nitrogens with one attached hydrogen (secondary N) is 1. The zero-order valence-corrected chi connectivity index (χ0v) is 10.6. The fraction of sp³-hybridized carbons (Fsp3) is 0.833. The smallest absolute Gasteiger partial charge is 0.247 e. The van der Waals surface area contributed by atoms with E-state index >= 15 is 0 Å². The van der Waals surface area contributed by atoms with Crippen LogP contribution in [0.4, 0.5) is 0 Å². The molecule has 2 atom stereocenters. The van der Waals surface area contributed by atoms with Crippen LogP contribution in [0.1, 0.15) is 26.7 Å². The normalized spacial score (nSPS) is 28.8. The zero-order valence-electron chi connectivity index (χ0n) is 10.6. The summed E-state index contributed by atoms with van der Waals surface area (Å²) in [6.07, 6.45) is 1.19. The highest BCUT2D eigenvalue weighted by Gasteiger charge is 2.43. The third-order valence-electron chi connectivity index (χ3n) is 3.78. The predicted molar refractivity (Wildman–Crippen MR) is 64.5 cm³/mol. The molecule has 2 unspecified atom stereocenters. The molecule has 1 N–H and O–H groups in total. The second-order valence-electron chi connectivity index (χ2n) is 4.87. The molecule has 0 aliphatic carbocycles. The number of rotatable bonds is 3. The van der Waals surface area contributed by atoms with Crippen LogP contribution in [0.15, 0.2) is 0 Å². The van der Waals surface area contributed by atoms with E-state index in [-0.39, 0.29) is 23.9 Å². The van der Waals surface area contributed by atoms with Crippen LogP contribution in [-0.4, -0.2) is 59.9 Å². The lowest BCUT2D eigenvalue weighted by Crippen LogP contribution is -2.51. The molecule has 2 rings (SSSR count). The van der Waals surface area contributed by atoms with Crippen molar-refractivity contribution in [3.05, 3.63) is 0 Å². The number of amides is 2. The molecule has 0 saturated carbocycles. The van der Waals surface area contributed by atoms with E-state index in [2.05, 4.69) is 10.2 Å². The Hall–Kier alpha value is -0.940. The Morgan fingerprint density at radius 3 is 2.59 bits per heavy atom. The molecule has 2 amide bonds. The minimum absolute atomic E-state index is 0.00579. The van der Waals surface area contributed by atoms with E-state index in [9.17, 15) is 9.59 Å². The Balaban J connectivity index is 2.06. The zero-order chi connectivity index (χ0) is 12.4. The number of carbonyl (C=O) groups is 2. The molecule has 0 aromatic carbocycles. The van der Waals surface area contributed by atoms with Gasteiger partial charge in [-0.2, -0.15) is 0 Å². The highest BCUT2D eigenvalue weighted by Crippen LogP contribution is 2.22. The monoisotopic (exact) mass is 239 g/mol. The minimum atomic E-state index is -0.210. The summed E-state index contributed by atoms with van der Waals surface area (Å²) in [5.41, 5.74) is 0. The molecule has 2 saturated heterocycles. The third kappa shape index (κ3) is 2.35. The second kappa shape index (κ2) is 5.14. The van der Waals surface area contributed by atoms with Gasteiger partial charge in [-0.15, -0.1) is 0 Å². The maximum Gasteiger partial charge on any atom is 0.247 e. The third-order valence-corrected chi connectivity index (χ3v) is 3.78. The topological polar surface area (TPSA) is 52.7 Å². The van der Waals surface area contributed by atoms with Gasteiger partial charge in [-0.3, -0.25) is 19.4 Å². The lowest BCUT2D eigenvalue weighted by molar-refractivity contribution is -0.142. The van der Waals surface area contributed by atoms with Crippen molar-refractivity contribution in [1.29, 1.82) is 0 Å². The summed E-state index contributed by atoms with van der Waals surface area (Å²) < 4.78 is 0. The van der Waals surface area contributed by atoms with Crippen molar-refractivity contribution in [3.63, 3.8) is 0 Å². The Kier molecular flexibility index (Phi) is 3.79. The summed E-state index contributed by atoms with van der Waals surface area (Å²) in [6, 6.07) is -0.179. The van der Waals surface area contributed by atoms with Crippen LogP contribution in [0.3, 0.4) is 0 Å². The summed E-state index contributed by atoms with van der Waals surface area (Å²) in [7, 11) is 0.